The van der Waals surface area contributed by atoms with E-state index in [4.69, 9.17) is 28.4 Å². The standard InChI is InChI=1S/C24H28N4O4.2C19H18N4O3.U.2V/c1-5-29-11-10-17-15(2)26-14-27-23(17)28-18-12-20(22-21(18)31-24(3,4)32-22)30-19-9-7-6-8-16(19)13-25;2*1-11-13-6-7-23(19(13)22-10-21-11)14-8-16(18(25)17(14)24)26-15-5-3-2-4-12(15)9-20;;;/h6-11,14,18,20-22H,5,12H2,1-4H3,(H,26,27,28);2*2-7,10,14,16-18,24-25H,8H2,1H3;;;/b11-10-;;;;;/t18-,20+,21+,22-;14?,16-,17-,18+;14-,16+,17+,18-;;;/m111.../s1. The van der Waals surface area contributed by atoms with Crippen LogP contribution in [0.4, 0.5) is 5.82 Å². The summed E-state index contributed by atoms with van der Waals surface area (Å²) >= 11 is 0. The van der Waals surface area contributed by atoms with Gasteiger partial charge in [0.2, 0.25) is 0 Å². The zero-order valence-electron chi connectivity index (χ0n) is 48.4. The van der Waals surface area contributed by atoms with Gasteiger partial charge in [-0.05, 0) is 96.1 Å². The fraction of sp³-hybridized carbons (Fsp3) is 0.371. The number of aliphatic hydroxyl groups is 4. The van der Waals surface area contributed by atoms with E-state index in [9.17, 15) is 36.2 Å². The number of aliphatic hydroxyl groups excluding tert-OH is 4. The summed E-state index contributed by atoms with van der Waals surface area (Å²) in [4.78, 5) is 25.8. The van der Waals surface area contributed by atoms with Crippen molar-refractivity contribution in [1.82, 2.24) is 39.0 Å². The monoisotopic (exact) mass is 1480 g/mol. The number of nitriles is 3. The van der Waals surface area contributed by atoms with E-state index in [1.165, 1.54) is 19.0 Å². The molecule has 1 saturated heterocycles. The van der Waals surface area contributed by atoms with Crippen molar-refractivity contribution in [3.8, 4) is 35.5 Å². The minimum atomic E-state index is -1.06. The van der Waals surface area contributed by atoms with Crippen molar-refractivity contribution < 1.29 is 117 Å². The second kappa shape index (κ2) is 29.9. The second-order valence-electron chi connectivity index (χ2n) is 21.2. The van der Waals surface area contributed by atoms with Crippen LogP contribution in [0.2, 0.25) is 0 Å². The van der Waals surface area contributed by atoms with E-state index in [2.05, 4.69) is 53.4 Å². The van der Waals surface area contributed by atoms with Gasteiger partial charge in [0.15, 0.2) is 5.79 Å². The number of benzene rings is 3. The van der Waals surface area contributed by atoms with Gasteiger partial charge in [-0.3, -0.25) is 0 Å². The van der Waals surface area contributed by atoms with Crippen molar-refractivity contribution in [2.45, 2.75) is 140 Å². The molecule has 5 N–H and O–H groups in total. The van der Waals surface area contributed by atoms with E-state index >= 15 is 0 Å². The average Bonchev–Trinajstić information content (AvgIpc) is 1.75. The third-order valence-electron chi connectivity index (χ3n) is 15.5. The van der Waals surface area contributed by atoms with Crippen LogP contribution in [0.1, 0.15) is 91.5 Å². The van der Waals surface area contributed by atoms with Gasteiger partial charge in [-0.15, -0.1) is 0 Å². The predicted molar refractivity (Wildman–Crippen MR) is 306 cm³/mol. The Hall–Kier alpha value is -6.83. The topological polar surface area (TPSA) is 307 Å². The maximum absolute atomic E-state index is 10.6. The minimum absolute atomic E-state index is 0. The molecule has 3 saturated carbocycles. The van der Waals surface area contributed by atoms with Crippen LogP contribution >= 0.6 is 0 Å². The third kappa shape index (κ3) is 14.7. The summed E-state index contributed by atoms with van der Waals surface area (Å²) < 4.78 is 39.5. The van der Waals surface area contributed by atoms with Crippen molar-refractivity contribution in [2.24, 2.45) is 0 Å². The number of ether oxygens (including phenoxy) is 6. The van der Waals surface area contributed by atoms with E-state index in [1.807, 2.05) is 93.4 Å². The van der Waals surface area contributed by atoms with E-state index in [-0.39, 0.29) is 105 Å². The van der Waals surface area contributed by atoms with Crippen LogP contribution in [-0.4, -0.2) is 133 Å². The first-order valence-electron chi connectivity index (χ1n) is 27.6. The Morgan fingerprint density at radius 2 is 1.01 bits per heavy atom. The first-order valence-corrected chi connectivity index (χ1v) is 27.6. The van der Waals surface area contributed by atoms with Crippen molar-refractivity contribution in [1.29, 1.82) is 15.8 Å². The number of anilines is 1. The fourth-order valence-electron chi connectivity index (χ4n) is 11.3. The van der Waals surface area contributed by atoms with Crippen LogP contribution in [0.25, 0.3) is 28.1 Å². The summed E-state index contributed by atoms with van der Waals surface area (Å²) in [6.07, 6.45) is 6.99. The normalized spacial score (nSPS) is 24.7. The first-order chi connectivity index (χ1) is 40.6. The van der Waals surface area contributed by atoms with E-state index in [0.29, 0.717) is 76.9 Å². The predicted octanol–water partition coefficient (Wildman–Crippen LogP) is 7.26. The number of hydrogen-bond donors (Lipinski definition) is 5. The number of hydrogen-bond acceptors (Lipinski definition) is 20. The molecule has 12 atom stereocenters. The summed E-state index contributed by atoms with van der Waals surface area (Å²) in [7, 11) is 0. The fourth-order valence-corrected chi connectivity index (χ4v) is 11.3. The van der Waals surface area contributed by atoms with Gasteiger partial charge in [-0.2, -0.15) is 15.8 Å². The molecule has 2 radical (unpaired) electrons. The number of aromatic nitrogens is 8. The van der Waals surface area contributed by atoms with Crippen molar-refractivity contribution >= 4 is 34.0 Å². The van der Waals surface area contributed by atoms with Gasteiger partial charge in [0.25, 0.3) is 0 Å². The van der Waals surface area contributed by atoms with Crippen molar-refractivity contribution in [2.75, 3.05) is 11.9 Å². The SMILES string of the molecule is CCO/C=C\c1c(C)ncnc1N[C@@H]1C[C@H](Oc2ccccc2C#N)[C@H]2OC(C)(C)O[C@H]21.Cc1ncnc2c1ccn2C1C[C@@H](Oc2ccccc2C#N)[C@H](O)[C@@H]1O.Cc1ncnc2c1ccn2[C@@H]1C[C@H](Oc2ccccc2C#N)[C@@H](O)[C@H]1O.[U].[V].[V]. The maximum atomic E-state index is 10.6. The summed E-state index contributed by atoms with van der Waals surface area (Å²) in [5.74, 6) is 1.32. The first kappa shape index (κ1) is 67.7. The van der Waals surface area contributed by atoms with Gasteiger partial charge >= 0.3 is 0 Å². The number of rotatable bonds is 13. The number of aryl methyl sites for hydroxylation is 3. The molecule has 8 aromatic rings. The molecular formula is C62H64N12O10UV2. The van der Waals surface area contributed by atoms with Gasteiger partial charge < -0.3 is 63.3 Å². The number of para-hydroxylation sites is 3. The zero-order chi connectivity index (χ0) is 59.2. The third-order valence-corrected chi connectivity index (χ3v) is 15.5. The molecule has 87 heavy (non-hydrogen) atoms. The van der Waals surface area contributed by atoms with Crippen LogP contribution in [-0.2, 0) is 51.3 Å². The van der Waals surface area contributed by atoms with Crippen molar-refractivity contribution in [3.63, 3.8) is 0 Å². The van der Waals surface area contributed by atoms with Crippen LogP contribution < -0.4 is 19.5 Å². The largest absolute Gasteiger partial charge is 0.501 e. The average molecular weight is 1480 g/mol. The van der Waals surface area contributed by atoms with Gasteiger partial charge in [-0.1, -0.05) is 36.4 Å². The Balaban J connectivity index is 0.000000185. The Kier molecular flexibility index (Phi) is 23.3. The number of fused-ring (bicyclic) bond motifs is 3. The molecule has 1 aliphatic heterocycles. The number of nitrogens with one attached hydrogen (secondary N) is 1. The molecule has 3 aliphatic carbocycles. The van der Waals surface area contributed by atoms with Crippen LogP contribution in [0.5, 0.6) is 17.2 Å². The van der Waals surface area contributed by atoms with Crippen LogP contribution in [0, 0.1) is 85.9 Å². The Bertz CT molecular complexity index is 3650. The Morgan fingerprint density at radius 3 is 1.47 bits per heavy atom. The zero-order valence-corrected chi connectivity index (χ0v) is 55.4. The molecule has 22 nitrogen and oxygen atoms in total. The molecule has 446 valence electrons. The molecule has 25 heteroatoms. The van der Waals surface area contributed by atoms with E-state index in [1.54, 1.807) is 66.9 Å². The van der Waals surface area contributed by atoms with E-state index < -0.39 is 42.4 Å². The molecule has 4 fully saturated rings. The minimum Gasteiger partial charge on any atom is -0.501 e. The van der Waals surface area contributed by atoms with Crippen molar-refractivity contribution in [3.05, 3.63) is 162 Å². The van der Waals surface area contributed by atoms with Crippen LogP contribution in [0.3, 0.4) is 0 Å². The van der Waals surface area contributed by atoms with E-state index in [0.717, 1.165) is 33.4 Å². The van der Waals surface area contributed by atoms with Gasteiger partial charge in [-0.25, -0.2) is 29.9 Å². The smallest absolute Gasteiger partial charge is 0.164 e. The van der Waals surface area contributed by atoms with Gasteiger partial charge in [0, 0.05) is 116 Å². The number of nitrogens with zero attached hydrogens (tertiary/aromatic N) is 11. The molecule has 0 bridgehead atoms. The van der Waals surface area contributed by atoms with Gasteiger partial charge in [0.05, 0.1) is 64.8 Å². The molecule has 3 aromatic carbocycles. The molecule has 6 heterocycles. The molecule has 1 unspecified atom stereocenters. The Morgan fingerprint density at radius 1 is 0.586 bits per heavy atom. The molecular weight excluding hydrogens is 1410 g/mol. The van der Waals surface area contributed by atoms with Crippen LogP contribution in [0.15, 0.2) is 123 Å². The maximum Gasteiger partial charge on any atom is 0.164 e. The molecule has 0 amide bonds. The summed E-state index contributed by atoms with van der Waals surface area (Å²) in [6.45, 7) is 12.0. The summed E-state index contributed by atoms with van der Waals surface area (Å²) in [6, 6.07) is 30.2. The second-order valence-corrected chi connectivity index (χ2v) is 21.2. The Labute approximate surface area is 550 Å². The summed E-state index contributed by atoms with van der Waals surface area (Å²) in [5.41, 5.74) is 6.13. The molecule has 4 aliphatic rings. The van der Waals surface area contributed by atoms with Gasteiger partial charge in [0.1, 0.15) is 126 Å². The molecule has 5 aromatic heterocycles. The summed E-state index contributed by atoms with van der Waals surface area (Å²) in [5, 5.41) is 75.3. The molecule has 0 spiro atoms. The molecule has 12 rings (SSSR count). The quantitative estimate of drug-likeness (QED) is 0.0709.